The number of H-pyrrole nitrogens is 1. The number of thioether (sulfide) groups is 1. The molecule has 0 radical (unpaired) electrons. The van der Waals surface area contributed by atoms with E-state index in [2.05, 4.69) is 28.1 Å². The number of aromatic amines is 1. The van der Waals surface area contributed by atoms with Gasteiger partial charge in [-0.15, -0.1) is 0 Å². The number of unbranched alkanes of at least 4 members (excludes halogenated alkanes) is 2. The first-order valence-corrected chi connectivity index (χ1v) is 7.19. The molecule has 0 saturated heterocycles. The minimum absolute atomic E-state index is 0.643. The van der Waals surface area contributed by atoms with E-state index in [0.29, 0.717) is 6.42 Å². The Morgan fingerprint density at radius 1 is 1.44 bits per heavy atom. The quantitative estimate of drug-likeness (QED) is 0.558. The van der Waals surface area contributed by atoms with Crippen molar-refractivity contribution in [1.29, 1.82) is 5.26 Å². The maximum atomic E-state index is 8.50. The summed E-state index contributed by atoms with van der Waals surface area (Å²) in [7, 11) is 0. The third-order valence-corrected chi connectivity index (χ3v) is 3.25. The lowest BCUT2D eigenvalue weighted by molar-refractivity contribution is -0.703. The normalized spacial score (nSPS) is 10.2. The summed E-state index contributed by atoms with van der Waals surface area (Å²) in [6.07, 6.45) is 11.4. The largest absolute Gasteiger partial charge is 0.254 e. The van der Waals surface area contributed by atoms with E-state index < -0.39 is 0 Å². The summed E-state index contributed by atoms with van der Waals surface area (Å²) in [5.74, 6) is 2.54. The monoisotopic (exact) mass is 238 g/mol. The summed E-state index contributed by atoms with van der Waals surface area (Å²) < 4.78 is 2.23. The highest BCUT2D eigenvalue weighted by Crippen LogP contribution is 2.03. The number of aryl methyl sites for hydroxylation is 2. The number of nitrogens with zero attached hydrogens (tertiary/aromatic N) is 2. The van der Waals surface area contributed by atoms with Crippen molar-refractivity contribution >= 4 is 11.8 Å². The number of aromatic nitrogens is 2. The molecule has 1 aromatic heterocycles. The summed E-state index contributed by atoms with van der Waals surface area (Å²) in [5.41, 5.74) is 0. The van der Waals surface area contributed by atoms with Crippen molar-refractivity contribution in [3.63, 3.8) is 0 Å². The number of nitrogens with one attached hydrogen (secondary N) is 1. The van der Waals surface area contributed by atoms with Crippen LogP contribution in [0.1, 0.15) is 31.5 Å². The Kier molecular flexibility index (Phi) is 6.75. The molecular weight excluding hydrogens is 218 g/mol. The van der Waals surface area contributed by atoms with Crippen molar-refractivity contribution in [1.82, 2.24) is 4.98 Å². The van der Waals surface area contributed by atoms with Crippen LogP contribution in [0.2, 0.25) is 0 Å². The molecule has 0 aromatic carbocycles. The number of rotatable bonds is 8. The predicted molar refractivity (Wildman–Crippen MR) is 67.2 cm³/mol. The molecule has 0 spiro atoms. The van der Waals surface area contributed by atoms with Crippen molar-refractivity contribution in [2.75, 3.05) is 12.0 Å². The summed E-state index contributed by atoms with van der Waals surface area (Å²) >= 11 is 1.91. The Labute approximate surface area is 102 Å². The van der Waals surface area contributed by atoms with Crippen LogP contribution in [0.3, 0.4) is 0 Å². The van der Waals surface area contributed by atoms with Crippen LogP contribution in [0, 0.1) is 11.3 Å². The first-order chi connectivity index (χ1) is 7.88. The SMILES string of the molecule is CSCCCCc1[nH]cc[n+]1CCCC#N. The highest BCUT2D eigenvalue weighted by Gasteiger charge is 2.09. The molecule has 0 aliphatic rings. The van der Waals surface area contributed by atoms with Gasteiger partial charge in [0.25, 0.3) is 5.82 Å². The maximum Gasteiger partial charge on any atom is 0.254 e. The summed E-state index contributed by atoms with van der Waals surface area (Å²) in [4.78, 5) is 3.28. The third-order valence-electron chi connectivity index (χ3n) is 2.55. The summed E-state index contributed by atoms with van der Waals surface area (Å²) in [6, 6.07) is 2.18. The van der Waals surface area contributed by atoms with Gasteiger partial charge in [0.15, 0.2) is 0 Å². The van der Waals surface area contributed by atoms with Gasteiger partial charge in [-0.3, -0.25) is 0 Å². The van der Waals surface area contributed by atoms with Crippen molar-refractivity contribution in [2.45, 2.75) is 38.6 Å². The molecule has 88 valence electrons. The van der Waals surface area contributed by atoms with E-state index in [1.807, 2.05) is 18.0 Å². The average Bonchev–Trinajstić information content (AvgIpc) is 2.73. The molecule has 0 aliphatic carbocycles. The lowest BCUT2D eigenvalue weighted by atomic mass is 10.2. The molecule has 0 aliphatic heterocycles. The zero-order valence-electron chi connectivity index (χ0n) is 9.91. The van der Waals surface area contributed by atoms with Crippen LogP contribution in [0.25, 0.3) is 0 Å². The zero-order chi connectivity index (χ0) is 11.6. The molecule has 0 amide bonds. The number of hydrogen-bond donors (Lipinski definition) is 1. The second-order valence-corrected chi connectivity index (χ2v) is 4.80. The second kappa shape index (κ2) is 8.23. The highest BCUT2D eigenvalue weighted by atomic mass is 32.2. The Balaban J connectivity index is 2.30. The Morgan fingerprint density at radius 3 is 3.06 bits per heavy atom. The van der Waals surface area contributed by atoms with Gasteiger partial charge in [0.05, 0.1) is 12.6 Å². The first kappa shape index (κ1) is 13.1. The molecule has 0 fully saturated rings. The fourth-order valence-electron chi connectivity index (χ4n) is 1.69. The first-order valence-electron chi connectivity index (χ1n) is 5.80. The Bertz CT molecular complexity index is 327. The molecule has 1 N–H and O–H groups in total. The Hall–Kier alpha value is -0.950. The van der Waals surface area contributed by atoms with Crippen LogP contribution in [0.5, 0.6) is 0 Å². The summed E-state index contributed by atoms with van der Waals surface area (Å²) in [6.45, 7) is 0.953. The van der Waals surface area contributed by atoms with Crippen LogP contribution in [0.4, 0.5) is 0 Å². The van der Waals surface area contributed by atoms with Gasteiger partial charge in [0, 0.05) is 12.8 Å². The van der Waals surface area contributed by atoms with Crippen molar-refractivity contribution < 1.29 is 4.57 Å². The van der Waals surface area contributed by atoms with Crippen LogP contribution in [-0.2, 0) is 13.0 Å². The standard InChI is InChI=1S/C12H19N3S/c1-16-11-5-2-6-12-14-8-10-15(12)9-4-3-7-13/h8,10H,2-6,9,11H2,1H3/p+1. The van der Waals surface area contributed by atoms with E-state index in [1.165, 1.54) is 24.4 Å². The average molecular weight is 238 g/mol. The topological polar surface area (TPSA) is 43.5 Å². The van der Waals surface area contributed by atoms with E-state index >= 15 is 0 Å². The van der Waals surface area contributed by atoms with Gasteiger partial charge in [-0.25, -0.2) is 9.55 Å². The van der Waals surface area contributed by atoms with E-state index in [9.17, 15) is 0 Å². The molecule has 16 heavy (non-hydrogen) atoms. The minimum Gasteiger partial charge on any atom is -0.248 e. The molecule has 1 heterocycles. The van der Waals surface area contributed by atoms with Gasteiger partial charge in [-0.05, 0) is 31.3 Å². The van der Waals surface area contributed by atoms with Gasteiger partial charge in [-0.1, -0.05) is 0 Å². The van der Waals surface area contributed by atoms with Gasteiger partial charge >= 0.3 is 0 Å². The van der Waals surface area contributed by atoms with Gasteiger partial charge in [0.2, 0.25) is 0 Å². The molecule has 1 rings (SSSR count). The molecule has 1 aromatic rings. The molecule has 0 bridgehead atoms. The lowest BCUT2D eigenvalue weighted by Crippen LogP contribution is -2.36. The van der Waals surface area contributed by atoms with Crippen LogP contribution in [-0.4, -0.2) is 17.0 Å². The molecule has 0 unspecified atom stereocenters. The molecular formula is C12H20N3S+. The number of hydrogen-bond acceptors (Lipinski definition) is 2. The molecule has 3 nitrogen and oxygen atoms in total. The van der Waals surface area contributed by atoms with Crippen LogP contribution < -0.4 is 4.57 Å². The fraction of sp³-hybridized carbons (Fsp3) is 0.667. The zero-order valence-corrected chi connectivity index (χ0v) is 10.7. The van der Waals surface area contributed by atoms with E-state index in [0.717, 1.165) is 19.4 Å². The predicted octanol–water partition coefficient (Wildman–Crippen LogP) is 2.29. The summed E-state index contributed by atoms with van der Waals surface area (Å²) in [5, 5.41) is 8.50. The van der Waals surface area contributed by atoms with Gasteiger partial charge < -0.3 is 0 Å². The fourth-order valence-corrected chi connectivity index (χ4v) is 2.18. The molecule has 0 atom stereocenters. The molecule has 0 saturated carbocycles. The van der Waals surface area contributed by atoms with Gasteiger partial charge in [0.1, 0.15) is 12.4 Å². The number of nitriles is 1. The second-order valence-electron chi connectivity index (χ2n) is 3.81. The van der Waals surface area contributed by atoms with Crippen molar-refractivity contribution in [3.8, 4) is 6.07 Å². The Morgan fingerprint density at radius 2 is 2.31 bits per heavy atom. The highest BCUT2D eigenvalue weighted by molar-refractivity contribution is 7.98. The van der Waals surface area contributed by atoms with Crippen LogP contribution >= 0.6 is 11.8 Å². The third kappa shape index (κ3) is 4.71. The maximum absolute atomic E-state index is 8.50. The van der Waals surface area contributed by atoms with E-state index in [1.54, 1.807) is 0 Å². The smallest absolute Gasteiger partial charge is 0.248 e. The lowest BCUT2D eigenvalue weighted by Gasteiger charge is -1.99. The van der Waals surface area contributed by atoms with Gasteiger partial charge in [-0.2, -0.15) is 17.0 Å². The molecule has 4 heteroatoms. The number of imidazole rings is 1. The van der Waals surface area contributed by atoms with E-state index in [4.69, 9.17) is 5.26 Å². The van der Waals surface area contributed by atoms with Crippen molar-refractivity contribution in [3.05, 3.63) is 18.2 Å². The van der Waals surface area contributed by atoms with E-state index in [-0.39, 0.29) is 0 Å². The minimum atomic E-state index is 0.643. The van der Waals surface area contributed by atoms with Crippen LogP contribution in [0.15, 0.2) is 12.4 Å². The van der Waals surface area contributed by atoms with Crippen molar-refractivity contribution in [2.24, 2.45) is 0 Å².